The van der Waals surface area contributed by atoms with E-state index in [9.17, 15) is 9.90 Å². The van der Waals surface area contributed by atoms with Gasteiger partial charge in [0.05, 0.1) is 17.3 Å². The SMILES string of the molecule is O=c1c2ccccc2c2n[nH]c(O)c3ccc(=NCCNCc4ccccc4)c1c32. The number of rotatable bonds is 5. The molecule has 1 aromatic heterocycles. The van der Waals surface area contributed by atoms with E-state index in [2.05, 4.69) is 32.6 Å². The van der Waals surface area contributed by atoms with Crippen LogP contribution in [0.3, 0.4) is 0 Å². The Morgan fingerprint density at radius 3 is 2.50 bits per heavy atom. The van der Waals surface area contributed by atoms with Crippen LogP contribution in [0.25, 0.3) is 32.4 Å². The molecule has 0 atom stereocenters. The summed E-state index contributed by atoms with van der Waals surface area (Å²) in [6.45, 7) is 2.00. The molecular weight excluding hydrogens is 376 g/mol. The molecule has 0 saturated heterocycles. The molecule has 5 rings (SSSR count). The fourth-order valence-electron chi connectivity index (χ4n) is 3.92. The summed E-state index contributed by atoms with van der Waals surface area (Å²) in [5.74, 6) is -0.0572. The largest absolute Gasteiger partial charge is 0.493 e. The molecular formula is C24H20N4O2. The standard InChI is InChI=1S/C24H20N4O2/c29-23-17-9-5-4-8-16(17)22-20-18(24(30)28-27-22)10-11-19(21(20)23)26-13-12-25-14-15-6-2-1-3-7-15/h1-11,25,28,30H,12-14H2. The predicted octanol–water partition coefficient (Wildman–Crippen LogP) is 3.06. The van der Waals surface area contributed by atoms with Crippen LogP contribution in [-0.2, 0) is 6.54 Å². The Kier molecular flexibility index (Phi) is 4.61. The van der Waals surface area contributed by atoms with Gasteiger partial charge in [-0.15, -0.1) is 0 Å². The minimum absolute atomic E-state index is 0.0572. The van der Waals surface area contributed by atoms with Gasteiger partial charge in [-0.25, -0.2) is 5.10 Å². The lowest BCUT2D eigenvalue weighted by Crippen LogP contribution is -2.20. The number of nitrogens with one attached hydrogen (secondary N) is 2. The second-order valence-corrected chi connectivity index (χ2v) is 7.22. The van der Waals surface area contributed by atoms with Crippen LogP contribution in [0, 0.1) is 0 Å². The second kappa shape index (κ2) is 7.57. The number of hydrogen-bond donors (Lipinski definition) is 3. The lowest BCUT2D eigenvalue weighted by molar-refractivity contribution is 0.453. The van der Waals surface area contributed by atoms with Crippen LogP contribution in [0.5, 0.6) is 5.88 Å². The van der Waals surface area contributed by atoms with Gasteiger partial charge in [0.1, 0.15) is 5.52 Å². The zero-order valence-corrected chi connectivity index (χ0v) is 16.2. The van der Waals surface area contributed by atoms with Crippen LogP contribution >= 0.6 is 0 Å². The van der Waals surface area contributed by atoms with Crippen molar-refractivity contribution in [3.8, 4) is 5.88 Å². The summed E-state index contributed by atoms with van der Waals surface area (Å²) >= 11 is 0. The minimum Gasteiger partial charge on any atom is -0.493 e. The maximum absolute atomic E-state index is 13.3. The Bertz CT molecular complexity index is 1480. The quantitative estimate of drug-likeness (QED) is 0.242. The normalized spacial score (nSPS) is 12.3. The first-order chi connectivity index (χ1) is 14.7. The maximum Gasteiger partial charge on any atom is 0.213 e. The van der Waals surface area contributed by atoms with E-state index < -0.39 is 0 Å². The zero-order valence-electron chi connectivity index (χ0n) is 16.2. The minimum atomic E-state index is -0.0907. The number of aromatic amines is 1. The molecule has 5 aromatic rings. The molecule has 30 heavy (non-hydrogen) atoms. The highest BCUT2D eigenvalue weighted by Crippen LogP contribution is 2.30. The van der Waals surface area contributed by atoms with Crippen molar-refractivity contribution in [2.75, 3.05) is 13.1 Å². The second-order valence-electron chi connectivity index (χ2n) is 7.22. The molecule has 0 spiro atoms. The lowest BCUT2D eigenvalue weighted by Gasteiger charge is -2.09. The fraction of sp³-hybridized carbons (Fsp3) is 0.125. The molecule has 1 heterocycles. The average molecular weight is 396 g/mol. The van der Waals surface area contributed by atoms with Crippen LogP contribution in [0.2, 0.25) is 0 Å². The third kappa shape index (κ3) is 3.07. The van der Waals surface area contributed by atoms with E-state index in [0.717, 1.165) is 11.9 Å². The van der Waals surface area contributed by atoms with Gasteiger partial charge in [-0.3, -0.25) is 9.79 Å². The Balaban J connectivity index is 1.58. The zero-order chi connectivity index (χ0) is 20.5. The van der Waals surface area contributed by atoms with E-state index in [1.54, 1.807) is 18.2 Å². The maximum atomic E-state index is 13.3. The van der Waals surface area contributed by atoms with Gasteiger partial charge in [-0.2, -0.15) is 5.10 Å². The van der Waals surface area contributed by atoms with Gasteiger partial charge in [0.15, 0.2) is 5.43 Å². The van der Waals surface area contributed by atoms with E-state index in [-0.39, 0.29) is 11.3 Å². The Labute approximate surface area is 171 Å². The number of aromatic hydroxyl groups is 1. The van der Waals surface area contributed by atoms with Gasteiger partial charge in [0.25, 0.3) is 0 Å². The van der Waals surface area contributed by atoms with Crippen LogP contribution in [0.15, 0.2) is 76.5 Å². The van der Waals surface area contributed by atoms with Crippen molar-refractivity contribution in [3.05, 3.63) is 87.9 Å². The fourth-order valence-corrected chi connectivity index (χ4v) is 3.92. The molecule has 0 aliphatic carbocycles. The highest BCUT2D eigenvalue weighted by molar-refractivity contribution is 6.19. The Morgan fingerprint density at radius 2 is 1.67 bits per heavy atom. The molecule has 0 aliphatic heterocycles. The van der Waals surface area contributed by atoms with Gasteiger partial charge in [-0.1, -0.05) is 54.6 Å². The van der Waals surface area contributed by atoms with Crippen molar-refractivity contribution in [1.29, 1.82) is 0 Å². The van der Waals surface area contributed by atoms with E-state index in [1.165, 1.54) is 5.56 Å². The van der Waals surface area contributed by atoms with Crippen LogP contribution in [-0.4, -0.2) is 28.4 Å². The van der Waals surface area contributed by atoms with Crippen molar-refractivity contribution in [2.45, 2.75) is 6.54 Å². The van der Waals surface area contributed by atoms with Crippen molar-refractivity contribution in [1.82, 2.24) is 15.5 Å². The van der Waals surface area contributed by atoms with Crippen LogP contribution in [0.1, 0.15) is 5.56 Å². The third-order valence-corrected chi connectivity index (χ3v) is 5.35. The number of benzene rings is 4. The molecule has 4 aromatic carbocycles. The topological polar surface area (TPSA) is 90.4 Å². The van der Waals surface area contributed by atoms with E-state index in [4.69, 9.17) is 0 Å². The summed E-state index contributed by atoms with van der Waals surface area (Å²) in [4.78, 5) is 18.0. The molecule has 6 nitrogen and oxygen atoms in total. The van der Waals surface area contributed by atoms with E-state index in [1.807, 2.05) is 36.4 Å². The Morgan fingerprint density at radius 1 is 0.900 bits per heavy atom. The lowest BCUT2D eigenvalue weighted by atomic mass is 9.98. The molecule has 6 heteroatoms. The number of fused-ring (bicyclic) bond motifs is 2. The molecule has 0 amide bonds. The molecule has 148 valence electrons. The first-order valence-electron chi connectivity index (χ1n) is 9.87. The Hall–Kier alpha value is -3.77. The van der Waals surface area contributed by atoms with Gasteiger partial charge in [0.2, 0.25) is 5.88 Å². The average Bonchev–Trinajstić information content (AvgIpc) is 2.79. The summed E-state index contributed by atoms with van der Waals surface area (Å²) in [6.07, 6.45) is 0. The van der Waals surface area contributed by atoms with Crippen molar-refractivity contribution >= 4 is 32.4 Å². The van der Waals surface area contributed by atoms with Gasteiger partial charge >= 0.3 is 0 Å². The number of hydrogen-bond acceptors (Lipinski definition) is 5. The molecule has 0 radical (unpaired) electrons. The molecule has 0 aliphatic rings. The van der Waals surface area contributed by atoms with Crippen molar-refractivity contribution in [3.63, 3.8) is 0 Å². The molecule has 3 N–H and O–H groups in total. The van der Waals surface area contributed by atoms with E-state index in [0.29, 0.717) is 45.5 Å². The highest BCUT2D eigenvalue weighted by Gasteiger charge is 2.16. The summed E-state index contributed by atoms with van der Waals surface area (Å²) in [7, 11) is 0. The molecule has 0 fully saturated rings. The molecule has 0 unspecified atom stereocenters. The predicted molar refractivity (Wildman–Crippen MR) is 119 cm³/mol. The summed E-state index contributed by atoms with van der Waals surface area (Å²) in [5, 5.41) is 24.3. The number of nitrogens with zero attached hydrogens (tertiary/aromatic N) is 2. The first-order valence-corrected chi connectivity index (χ1v) is 9.87. The van der Waals surface area contributed by atoms with Crippen LogP contribution in [0.4, 0.5) is 0 Å². The van der Waals surface area contributed by atoms with Crippen LogP contribution < -0.4 is 16.1 Å². The van der Waals surface area contributed by atoms with Crippen molar-refractivity contribution < 1.29 is 5.11 Å². The highest BCUT2D eigenvalue weighted by atomic mass is 16.3. The smallest absolute Gasteiger partial charge is 0.213 e. The van der Waals surface area contributed by atoms with Gasteiger partial charge < -0.3 is 10.4 Å². The summed E-state index contributed by atoms with van der Waals surface area (Å²) in [6, 6.07) is 21.2. The molecule has 0 saturated carbocycles. The number of H-pyrrole nitrogens is 1. The summed E-state index contributed by atoms with van der Waals surface area (Å²) in [5.41, 5.74) is 1.78. The monoisotopic (exact) mass is 396 g/mol. The first kappa shape index (κ1) is 18.3. The number of aromatic nitrogens is 2. The van der Waals surface area contributed by atoms with Gasteiger partial charge in [-0.05, 0) is 17.7 Å². The third-order valence-electron chi connectivity index (χ3n) is 5.35. The summed E-state index contributed by atoms with van der Waals surface area (Å²) < 4.78 is 0. The van der Waals surface area contributed by atoms with Crippen molar-refractivity contribution in [2.24, 2.45) is 4.99 Å². The van der Waals surface area contributed by atoms with E-state index >= 15 is 0 Å². The molecule has 0 bridgehead atoms. The van der Waals surface area contributed by atoms with Gasteiger partial charge in [0, 0.05) is 34.6 Å².